The molecule has 2 heterocycles. The van der Waals surface area contributed by atoms with E-state index >= 15 is 0 Å². The van der Waals surface area contributed by atoms with Crippen molar-refractivity contribution in [2.75, 3.05) is 18.6 Å². The first kappa shape index (κ1) is 17.0. The maximum atomic E-state index is 12.6. The lowest BCUT2D eigenvalue weighted by molar-refractivity contribution is -0.126. The summed E-state index contributed by atoms with van der Waals surface area (Å²) >= 11 is 0. The number of hydrogen-bond acceptors (Lipinski definition) is 4. The third kappa shape index (κ3) is 3.63. The van der Waals surface area contributed by atoms with Crippen LogP contribution in [0.3, 0.4) is 0 Å². The lowest BCUT2D eigenvalue weighted by atomic mass is 10.1. The molecule has 0 spiro atoms. The summed E-state index contributed by atoms with van der Waals surface area (Å²) in [7, 11) is 1.57. The summed E-state index contributed by atoms with van der Waals surface area (Å²) in [6.45, 7) is 2.26. The van der Waals surface area contributed by atoms with E-state index in [4.69, 9.17) is 4.74 Å². The zero-order chi connectivity index (χ0) is 17.8. The molecule has 3 rings (SSSR count). The highest BCUT2D eigenvalue weighted by Crippen LogP contribution is 2.32. The summed E-state index contributed by atoms with van der Waals surface area (Å²) in [4.78, 5) is 30.6. The number of nitrogens with one attached hydrogen (secondary N) is 1. The molecule has 2 aromatic rings. The van der Waals surface area contributed by atoms with Gasteiger partial charge in [-0.1, -0.05) is 18.2 Å². The number of ether oxygens (including phenoxy) is 1. The Bertz CT molecular complexity index is 764. The highest BCUT2D eigenvalue weighted by Gasteiger charge is 2.36. The van der Waals surface area contributed by atoms with Crippen molar-refractivity contribution in [3.63, 3.8) is 0 Å². The smallest absolute Gasteiger partial charge is 0.227 e. The van der Waals surface area contributed by atoms with E-state index in [0.717, 1.165) is 5.56 Å². The van der Waals surface area contributed by atoms with Crippen molar-refractivity contribution < 1.29 is 14.3 Å². The van der Waals surface area contributed by atoms with Crippen LogP contribution in [0.1, 0.15) is 24.9 Å². The highest BCUT2D eigenvalue weighted by atomic mass is 16.5. The molecule has 0 aliphatic carbocycles. The Balaban J connectivity index is 1.69. The van der Waals surface area contributed by atoms with Gasteiger partial charge in [-0.15, -0.1) is 0 Å². The Morgan fingerprint density at radius 1 is 1.32 bits per heavy atom. The third-order valence-corrected chi connectivity index (χ3v) is 4.41. The Kier molecular flexibility index (Phi) is 4.97. The van der Waals surface area contributed by atoms with Crippen LogP contribution >= 0.6 is 0 Å². The van der Waals surface area contributed by atoms with E-state index in [0.29, 0.717) is 18.0 Å². The fraction of sp³-hybridized carbons (Fsp3) is 0.316. The van der Waals surface area contributed by atoms with Crippen molar-refractivity contribution in [3.05, 3.63) is 54.4 Å². The molecule has 6 nitrogen and oxygen atoms in total. The van der Waals surface area contributed by atoms with Gasteiger partial charge in [0.2, 0.25) is 11.8 Å². The number of nitrogens with zero attached hydrogens (tertiary/aromatic N) is 2. The van der Waals surface area contributed by atoms with Gasteiger partial charge < -0.3 is 15.0 Å². The van der Waals surface area contributed by atoms with Crippen molar-refractivity contribution in [2.45, 2.75) is 19.4 Å². The molecule has 1 aromatic carbocycles. The number of anilines is 1. The van der Waals surface area contributed by atoms with Crippen molar-refractivity contribution >= 4 is 17.5 Å². The van der Waals surface area contributed by atoms with Gasteiger partial charge in [-0.25, -0.2) is 0 Å². The normalized spacial score (nSPS) is 18.1. The molecule has 1 saturated heterocycles. The maximum Gasteiger partial charge on any atom is 0.227 e. The molecular weight excluding hydrogens is 318 g/mol. The molecule has 6 heteroatoms. The SMILES string of the molecule is COc1ccccc1N1CC(C(=O)NC(C)c2cccnc2)CC1=O. The van der Waals surface area contributed by atoms with E-state index in [2.05, 4.69) is 10.3 Å². The molecule has 2 amide bonds. The number of amides is 2. The van der Waals surface area contributed by atoms with Crippen molar-refractivity contribution in [1.29, 1.82) is 0 Å². The van der Waals surface area contributed by atoms with Crippen LogP contribution in [-0.4, -0.2) is 30.5 Å². The summed E-state index contributed by atoms with van der Waals surface area (Å²) in [6, 6.07) is 10.9. The minimum Gasteiger partial charge on any atom is -0.495 e. The second kappa shape index (κ2) is 7.34. The fourth-order valence-electron chi connectivity index (χ4n) is 3.02. The first-order chi connectivity index (χ1) is 12.1. The Labute approximate surface area is 146 Å². The molecule has 0 radical (unpaired) electrons. The van der Waals surface area contributed by atoms with Crippen molar-refractivity contribution in [1.82, 2.24) is 10.3 Å². The molecule has 0 saturated carbocycles. The highest BCUT2D eigenvalue weighted by molar-refractivity contribution is 6.01. The summed E-state index contributed by atoms with van der Waals surface area (Å²) in [6.07, 6.45) is 3.62. The first-order valence-electron chi connectivity index (χ1n) is 8.24. The minimum absolute atomic E-state index is 0.0707. The van der Waals surface area contributed by atoms with E-state index in [9.17, 15) is 9.59 Å². The molecule has 1 N–H and O–H groups in total. The molecular formula is C19H21N3O3. The van der Waals surface area contributed by atoms with E-state index in [1.807, 2.05) is 37.3 Å². The van der Waals surface area contributed by atoms with E-state index in [1.54, 1.807) is 30.5 Å². The lowest BCUT2D eigenvalue weighted by Gasteiger charge is -2.20. The number of rotatable bonds is 5. The van der Waals surface area contributed by atoms with Gasteiger partial charge in [-0.05, 0) is 30.7 Å². The fourth-order valence-corrected chi connectivity index (χ4v) is 3.02. The second-order valence-corrected chi connectivity index (χ2v) is 6.09. The van der Waals surface area contributed by atoms with Crippen LogP contribution in [0, 0.1) is 5.92 Å². The molecule has 2 atom stereocenters. The van der Waals surface area contributed by atoms with Crippen LogP contribution in [0.15, 0.2) is 48.8 Å². The van der Waals surface area contributed by atoms with Crippen LogP contribution in [0.4, 0.5) is 5.69 Å². The minimum atomic E-state index is -0.378. The number of hydrogen-bond donors (Lipinski definition) is 1. The monoisotopic (exact) mass is 339 g/mol. The first-order valence-corrected chi connectivity index (χ1v) is 8.24. The predicted octanol–water partition coefficient (Wildman–Crippen LogP) is 2.32. The number of methoxy groups -OCH3 is 1. The van der Waals surface area contributed by atoms with Gasteiger partial charge in [0, 0.05) is 25.4 Å². The molecule has 25 heavy (non-hydrogen) atoms. The van der Waals surface area contributed by atoms with Crippen LogP contribution in [0.2, 0.25) is 0 Å². The predicted molar refractivity (Wildman–Crippen MR) is 94.2 cm³/mol. The molecule has 1 fully saturated rings. The molecule has 130 valence electrons. The topological polar surface area (TPSA) is 71.5 Å². The standard InChI is InChI=1S/C19H21N3O3/c1-13(14-6-5-9-20-11-14)21-19(24)15-10-18(23)22(12-15)16-7-3-4-8-17(16)25-2/h3-9,11,13,15H,10,12H2,1-2H3,(H,21,24). The average molecular weight is 339 g/mol. The van der Waals surface area contributed by atoms with Crippen LogP contribution < -0.4 is 15.0 Å². The Hall–Kier alpha value is -2.89. The summed E-state index contributed by atoms with van der Waals surface area (Å²) in [5, 5.41) is 2.97. The van der Waals surface area contributed by atoms with E-state index < -0.39 is 0 Å². The van der Waals surface area contributed by atoms with Crippen molar-refractivity contribution in [3.8, 4) is 5.75 Å². The van der Waals surface area contributed by atoms with Gasteiger partial charge in [-0.3, -0.25) is 14.6 Å². The van der Waals surface area contributed by atoms with Crippen LogP contribution in [-0.2, 0) is 9.59 Å². The van der Waals surface area contributed by atoms with Crippen LogP contribution in [0.5, 0.6) is 5.75 Å². The molecule has 2 unspecified atom stereocenters. The summed E-state index contributed by atoms with van der Waals surface area (Å²) in [5.41, 5.74) is 1.63. The van der Waals surface area contributed by atoms with Gasteiger partial charge in [-0.2, -0.15) is 0 Å². The largest absolute Gasteiger partial charge is 0.495 e. The summed E-state index contributed by atoms with van der Waals surface area (Å²) in [5.74, 6) is 0.0537. The lowest BCUT2D eigenvalue weighted by Crippen LogP contribution is -2.34. The number of para-hydroxylation sites is 2. The zero-order valence-corrected chi connectivity index (χ0v) is 14.3. The Morgan fingerprint density at radius 3 is 2.84 bits per heavy atom. The van der Waals surface area contributed by atoms with Gasteiger partial charge in [0.05, 0.1) is 24.8 Å². The van der Waals surface area contributed by atoms with Gasteiger partial charge in [0.1, 0.15) is 5.75 Å². The van der Waals surface area contributed by atoms with Gasteiger partial charge >= 0.3 is 0 Å². The average Bonchev–Trinajstić information content (AvgIpc) is 3.04. The van der Waals surface area contributed by atoms with Gasteiger partial charge in [0.15, 0.2) is 0 Å². The quantitative estimate of drug-likeness (QED) is 0.907. The Morgan fingerprint density at radius 2 is 2.12 bits per heavy atom. The third-order valence-electron chi connectivity index (χ3n) is 4.41. The molecule has 1 aliphatic heterocycles. The van der Waals surface area contributed by atoms with E-state index in [1.165, 1.54) is 0 Å². The van der Waals surface area contributed by atoms with Crippen LogP contribution in [0.25, 0.3) is 0 Å². The number of benzene rings is 1. The van der Waals surface area contributed by atoms with Crippen molar-refractivity contribution in [2.24, 2.45) is 5.92 Å². The molecule has 0 bridgehead atoms. The number of aromatic nitrogens is 1. The number of carbonyl (C=O) groups excluding carboxylic acids is 2. The summed E-state index contributed by atoms with van der Waals surface area (Å²) < 4.78 is 5.32. The number of carbonyl (C=O) groups is 2. The number of pyridine rings is 1. The maximum absolute atomic E-state index is 12.6. The molecule has 1 aliphatic rings. The van der Waals surface area contributed by atoms with Gasteiger partial charge in [0.25, 0.3) is 0 Å². The second-order valence-electron chi connectivity index (χ2n) is 6.09. The van der Waals surface area contributed by atoms with E-state index in [-0.39, 0.29) is 30.2 Å². The zero-order valence-electron chi connectivity index (χ0n) is 14.3. The molecule has 1 aromatic heterocycles.